The first-order valence-corrected chi connectivity index (χ1v) is 10.2. The van der Waals surface area contributed by atoms with E-state index in [2.05, 4.69) is 0 Å². The van der Waals surface area contributed by atoms with Crippen molar-refractivity contribution in [2.24, 2.45) is 0 Å². The van der Waals surface area contributed by atoms with Gasteiger partial charge in [0.2, 0.25) is 5.91 Å². The Balaban J connectivity index is 1.53. The van der Waals surface area contributed by atoms with Crippen molar-refractivity contribution >= 4 is 22.4 Å². The Kier molecular flexibility index (Phi) is 4.40. The monoisotopic (exact) mass is 374 g/mol. The van der Waals surface area contributed by atoms with E-state index in [0.717, 1.165) is 22.4 Å². The van der Waals surface area contributed by atoms with Crippen molar-refractivity contribution in [2.75, 3.05) is 24.5 Å². The summed E-state index contributed by atoms with van der Waals surface area (Å²) in [6.07, 6.45) is -0.214. The van der Waals surface area contributed by atoms with E-state index in [0.29, 0.717) is 13.1 Å². The summed E-state index contributed by atoms with van der Waals surface area (Å²) < 4.78 is 27.5. The molecule has 0 aliphatic carbocycles. The number of carbonyl (C=O) groups excluding carboxylic acids is 1. The molecule has 0 bridgehead atoms. The van der Waals surface area contributed by atoms with Gasteiger partial charge in [-0.25, -0.2) is 0 Å². The van der Waals surface area contributed by atoms with Crippen molar-refractivity contribution in [1.82, 2.24) is 4.90 Å². The number of ether oxygens (including phenoxy) is 1. The third kappa shape index (κ3) is 3.19. The van der Waals surface area contributed by atoms with Gasteiger partial charge in [0.25, 0.3) is 0 Å². The Labute approximate surface area is 154 Å². The lowest BCUT2D eigenvalue weighted by atomic mass is 10.0. The normalized spacial score (nSPS) is 23.0. The minimum atomic E-state index is -2.76. The molecule has 0 aromatic heterocycles. The first-order valence-electron chi connectivity index (χ1n) is 8.50. The van der Waals surface area contributed by atoms with Gasteiger partial charge in [0.1, 0.15) is 12.7 Å². The quantitative estimate of drug-likeness (QED) is 0.861. The fourth-order valence-corrected chi connectivity index (χ4v) is 4.80. The highest BCUT2D eigenvalue weighted by Gasteiger charge is 2.33. The van der Waals surface area contributed by atoms with Gasteiger partial charge < -0.3 is 9.64 Å². The van der Waals surface area contributed by atoms with Crippen LogP contribution >= 0.6 is 10.8 Å². The predicted octanol–water partition coefficient (Wildman–Crippen LogP) is 3.40. The molecular weight excluding hydrogens is 352 g/mol. The molecule has 0 saturated carbocycles. The van der Waals surface area contributed by atoms with Crippen LogP contribution in [0.1, 0.15) is 22.8 Å². The first-order chi connectivity index (χ1) is 12.4. The standard InChI is InChI=1S/C19H22N2O4S/c1-20-17-8-7-15(9-16(17)13-26(20,23)24)18-11-21(19(22)12-25-18)10-14-5-3-2-4-6-14/h2-9,18,23-24H,10-13H2,1H3/t18-/m0/s1. The summed E-state index contributed by atoms with van der Waals surface area (Å²) in [7, 11) is -1.07. The molecule has 6 nitrogen and oxygen atoms in total. The maximum Gasteiger partial charge on any atom is 0.249 e. The van der Waals surface area contributed by atoms with Crippen molar-refractivity contribution in [1.29, 1.82) is 0 Å². The summed E-state index contributed by atoms with van der Waals surface area (Å²) in [6.45, 7) is 1.11. The molecule has 2 aromatic rings. The van der Waals surface area contributed by atoms with Crippen LogP contribution in [0.5, 0.6) is 0 Å². The number of hydrogen-bond donors (Lipinski definition) is 2. The topological polar surface area (TPSA) is 73.2 Å². The second-order valence-corrected chi connectivity index (χ2v) is 8.82. The number of hydrogen-bond acceptors (Lipinski definition) is 5. The van der Waals surface area contributed by atoms with Gasteiger partial charge in [-0.15, -0.1) is 10.8 Å². The molecule has 1 saturated heterocycles. The van der Waals surface area contributed by atoms with E-state index >= 15 is 0 Å². The lowest BCUT2D eigenvalue weighted by Gasteiger charge is -2.35. The molecule has 1 fully saturated rings. The lowest BCUT2D eigenvalue weighted by Crippen LogP contribution is -2.42. The highest BCUT2D eigenvalue weighted by Crippen LogP contribution is 2.56. The highest BCUT2D eigenvalue weighted by molar-refractivity contribution is 8.25. The number of benzene rings is 2. The molecule has 0 spiro atoms. The fourth-order valence-electron chi connectivity index (χ4n) is 3.47. The molecule has 7 heteroatoms. The molecule has 26 heavy (non-hydrogen) atoms. The van der Waals surface area contributed by atoms with E-state index in [4.69, 9.17) is 4.74 Å². The zero-order valence-electron chi connectivity index (χ0n) is 14.5. The van der Waals surface area contributed by atoms with E-state index in [9.17, 15) is 13.9 Å². The molecule has 138 valence electrons. The zero-order chi connectivity index (χ0) is 18.3. The minimum absolute atomic E-state index is 0.0137. The van der Waals surface area contributed by atoms with Gasteiger partial charge in [-0.1, -0.05) is 36.4 Å². The van der Waals surface area contributed by atoms with Crippen LogP contribution in [0.15, 0.2) is 48.5 Å². The van der Waals surface area contributed by atoms with Crippen LogP contribution in [0.2, 0.25) is 0 Å². The van der Waals surface area contributed by atoms with E-state index < -0.39 is 10.8 Å². The van der Waals surface area contributed by atoms with Crippen LogP contribution in [0.4, 0.5) is 5.69 Å². The summed E-state index contributed by atoms with van der Waals surface area (Å²) in [6, 6.07) is 15.7. The van der Waals surface area contributed by atoms with Gasteiger partial charge in [0, 0.05) is 13.6 Å². The van der Waals surface area contributed by atoms with Crippen LogP contribution in [0.25, 0.3) is 0 Å². The molecule has 4 rings (SSSR count). The zero-order valence-corrected chi connectivity index (χ0v) is 15.4. The molecule has 1 atom stereocenters. The molecule has 0 radical (unpaired) electrons. The molecule has 2 aliphatic heterocycles. The van der Waals surface area contributed by atoms with E-state index in [1.807, 2.05) is 53.4 Å². The Hall–Kier alpha value is -2.06. The van der Waals surface area contributed by atoms with Gasteiger partial charge in [0.05, 0.1) is 18.0 Å². The Morgan fingerprint density at radius 2 is 1.96 bits per heavy atom. The van der Waals surface area contributed by atoms with Gasteiger partial charge in [-0.05, 0) is 28.8 Å². The van der Waals surface area contributed by atoms with Crippen LogP contribution in [0, 0.1) is 0 Å². The fraction of sp³-hybridized carbons (Fsp3) is 0.316. The second-order valence-electron chi connectivity index (χ2n) is 6.72. The van der Waals surface area contributed by atoms with Crippen molar-refractivity contribution < 1.29 is 18.6 Å². The molecule has 1 amide bonds. The van der Waals surface area contributed by atoms with Crippen molar-refractivity contribution in [3.63, 3.8) is 0 Å². The molecule has 2 aromatic carbocycles. The lowest BCUT2D eigenvalue weighted by molar-refractivity contribution is -0.150. The first kappa shape index (κ1) is 17.4. The third-order valence-corrected chi connectivity index (χ3v) is 6.74. The summed E-state index contributed by atoms with van der Waals surface area (Å²) in [5.41, 5.74) is 3.78. The number of rotatable bonds is 3. The molecular formula is C19H22N2O4S. The summed E-state index contributed by atoms with van der Waals surface area (Å²) in [5, 5.41) is 0. The number of fused-ring (bicyclic) bond motifs is 1. The predicted molar refractivity (Wildman–Crippen MR) is 102 cm³/mol. The number of nitrogens with zero attached hydrogens (tertiary/aromatic N) is 2. The number of morpholine rings is 1. The molecule has 2 heterocycles. The number of amides is 1. The van der Waals surface area contributed by atoms with Crippen LogP contribution in [-0.4, -0.2) is 40.1 Å². The van der Waals surface area contributed by atoms with Crippen molar-refractivity contribution in [3.8, 4) is 0 Å². The largest absolute Gasteiger partial charge is 0.362 e. The Bertz CT molecular complexity index is 828. The van der Waals surface area contributed by atoms with Crippen LogP contribution in [0.3, 0.4) is 0 Å². The van der Waals surface area contributed by atoms with Crippen molar-refractivity contribution in [3.05, 3.63) is 65.2 Å². The van der Waals surface area contributed by atoms with E-state index in [1.54, 1.807) is 11.4 Å². The molecule has 2 N–H and O–H groups in total. The number of carbonyl (C=O) groups is 1. The van der Waals surface area contributed by atoms with E-state index in [-0.39, 0.29) is 24.4 Å². The van der Waals surface area contributed by atoms with Crippen molar-refractivity contribution in [2.45, 2.75) is 18.4 Å². The van der Waals surface area contributed by atoms with E-state index in [1.165, 1.54) is 0 Å². The second kappa shape index (κ2) is 6.59. The SMILES string of the molecule is CN1c2ccc([C@@H]3CN(Cc4ccccc4)C(=O)CO3)cc2CS1(O)O. The van der Waals surface area contributed by atoms with Gasteiger partial charge in [-0.3, -0.25) is 18.2 Å². The summed E-state index contributed by atoms with van der Waals surface area (Å²) >= 11 is 0. The minimum Gasteiger partial charge on any atom is -0.362 e. The highest BCUT2D eigenvalue weighted by atomic mass is 32.3. The Morgan fingerprint density at radius 1 is 1.19 bits per heavy atom. The Morgan fingerprint density at radius 3 is 2.73 bits per heavy atom. The third-order valence-electron chi connectivity index (χ3n) is 4.97. The van der Waals surface area contributed by atoms with Gasteiger partial charge in [0.15, 0.2) is 0 Å². The molecule has 2 aliphatic rings. The smallest absolute Gasteiger partial charge is 0.249 e. The maximum atomic E-state index is 12.2. The maximum absolute atomic E-state index is 12.2. The molecule has 0 unspecified atom stereocenters. The average Bonchev–Trinajstić information content (AvgIpc) is 2.86. The van der Waals surface area contributed by atoms with Gasteiger partial charge >= 0.3 is 0 Å². The van der Waals surface area contributed by atoms with Crippen LogP contribution in [-0.2, 0) is 21.8 Å². The van der Waals surface area contributed by atoms with Gasteiger partial charge in [-0.2, -0.15) is 0 Å². The number of anilines is 1. The summed E-state index contributed by atoms with van der Waals surface area (Å²) in [5.74, 6) is 0.215. The van der Waals surface area contributed by atoms with Crippen LogP contribution < -0.4 is 4.31 Å². The summed E-state index contributed by atoms with van der Waals surface area (Å²) in [4.78, 5) is 14.0. The average molecular weight is 374 g/mol.